The van der Waals surface area contributed by atoms with E-state index >= 15 is 0 Å². The van der Waals surface area contributed by atoms with E-state index in [0.29, 0.717) is 18.0 Å². The van der Waals surface area contributed by atoms with Gasteiger partial charge in [-0.15, -0.1) is 0 Å². The lowest BCUT2D eigenvalue weighted by atomic mass is 9.49. The molecular formula is C15H22O2. The van der Waals surface area contributed by atoms with Crippen LogP contribution in [0, 0.1) is 16.7 Å². The van der Waals surface area contributed by atoms with Gasteiger partial charge in [0.15, 0.2) is 0 Å². The Kier molecular flexibility index (Phi) is 2.46. The predicted octanol–water partition coefficient (Wildman–Crippen LogP) is 3.29. The summed E-state index contributed by atoms with van der Waals surface area (Å²) in [6.07, 6.45) is 9.02. The molecule has 2 bridgehead atoms. The fraction of sp³-hybridized carbons (Fsp3) is 0.867. The Balaban J connectivity index is 1.92. The molecule has 3 atom stereocenters. The van der Waals surface area contributed by atoms with Gasteiger partial charge >= 0.3 is 0 Å². The van der Waals surface area contributed by atoms with Gasteiger partial charge in [-0.05, 0) is 43.9 Å². The molecule has 0 heterocycles. The zero-order valence-corrected chi connectivity index (χ0v) is 10.8. The molecule has 3 aliphatic rings. The maximum atomic E-state index is 12.6. The molecule has 1 spiro atoms. The summed E-state index contributed by atoms with van der Waals surface area (Å²) in [4.78, 5) is 24.4. The van der Waals surface area contributed by atoms with E-state index in [9.17, 15) is 9.59 Å². The van der Waals surface area contributed by atoms with Crippen molar-refractivity contribution in [2.45, 2.75) is 64.7 Å². The van der Waals surface area contributed by atoms with E-state index in [0.717, 1.165) is 44.9 Å². The average molecular weight is 234 g/mol. The normalized spacial score (nSPS) is 46.3. The van der Waals surface area contributed by atoms with Crippen LogP contribution >= 0.6 is 0 Å². The quantitative estimate of drug-likeness (QED) is 0.644. The topological polar surface area (TPSA) is 34.1 Å². The second kappa shape index (κ2) is 3.66. The van der Waals surface area contributed by atoms with Gasteiger partial charge in [-0.3, -0.25) is 9.59 Å². The summed E-state index contributed by atoms with van der Waals surface area (Å²) in [6, 6.07) is 0. The first-order chi connectivity index (χ1) is 8.06. The Bertz CT molecular complexity index is 373. The van der Waals surface area contributed by atoms with Crippen LogP contribution in [0.2, 0.25) is 0 Å². The third kappa shape index (κ3) is 1.60. The van der Waals surface area contributed by atoms with Crippen LogP contribution in [0.5, 0.6) is 0 Å². The van der Waals surface area contributed by atoms with Crippen molar-refractivity contribution in [3.8, 4) is 0 Å². The zero-order chi connectivity index (χ0) is 12.1. The minimum atomic E-state index is -0.0470. The molecule has 0 aromatic carbocycles. The number of hydrogen-bond acceptors (Lipinski definition) is 2. The molecule has 3 fully saturated rings. The van der Waals surface area contributed by atoms with Gasteiger partial charge in [0, 0.05) is 24.2 Å². The van der Waals surface area contributed by atoms with Crippen LogP contribution in [-0.4, -0.2) is 11.6 Å². The van der Waals surface area contributed by atoms with E-state index < -0.39 is 0 Å². The largest absolute Gasteiger partial charge is 0.300 e. The number of Topliss-reactive ketones (excluding diaryl/α,β-unsaturated/α-hetero) is 2. The zero-order valence-electron chi connectivity index (χ0n) is 10.8. The summed E-state index contributed by atoms with van der Waals surface area (Å²) in [7, 11) is 0. The summed E-state index contributed by atoms with van der Waals surface area (Å²) >= 11 is 0. The number of carbonyl (C=O) groups excluding carboxylic acids is 2. The van der Waals surface area contributed by atoms with Crippen molar-refractivity contribution in [2.24, 2.45) is 16.7 Å². The summed E-state index contributed by atoms with van der Waals surface area (Å²) < 4.78 is 0. The molecule has 17 heavy (non-hydrogen) atoms. The molecule has 94 valence electrons. The molecule has 2 heteroatoms. The van der Waals surface area contributed by atoms with Gasteiger partial charge in [0.05, 0.1) is 0 Å². The van der Waals surface area contributed by atoms with Gasteiger partial charge in [0.1, 0.15) is 11.6 Å². The lowest BCUT2D eigenvalue weighted by molar-refractivity contribution is -0.152. The highest BCUT2D eigenvalue weighted by Crippen LogP contribution is 2.58. The number of hydrogen-bond donors (Lipinski definition) is 0. The molecule has 2 nitrogen and oxygen atoms in total. The van der Waals surface area contributed by atoms with Gasteiger partial charge in [0.25, 0.3) is 0 Å². The molecule has 3 rings (SSSR count). The number of fused-ring (bicyclic) bond motifs is 3. The smallest absolute Gasteiger partial charge is 0.142 e. The van der Waals surface area contributed by atoms with E-state index in [1.54, 1.807) is 0 Å². The molecule has 3 saturated carbocycles. The molecule has 0 aromatic rings. The lowest BCUT2D eigenvalue weighted by Crippen LogP contribution is -2.52. The van der Waals surface area contributed by atoms with Gasteiger partial charge in [0.2, 0.25) is 0 Å². The Labute approximate surface area is 103 Å². The first kappa shape index (κ1) is 11.4. The molecular weight excluding hydrogens is 212 g/mol. The molecule has 0 aliphatic heterocycles. The van der Waals surface area contributed by atoms with E-state index in [-0.39, 0.29) is 16.7 Å². The highest BCUT2D eigenvalue weighted by Gasteiger charge is 2.55. The second-order valence-electron chi connectivity index (χ2n) is 6.80. The van der Waals surface area contributed by atoms with Crippen LogP contribution < -0.4 is 0 Å². The third-order valence-electron chi connectivity index (χ3n) is 5.73. The average Bonchev–Trinajstić information content (AvgIpc) is 2.29. The molecule has 0 saturated heterocycles. The van der Waals surface area contributed by atoms with E-state index in [2.05, 4.69) is 6.92 Å². The monoisotopic (exact) mass is 234 g/mol. The maximum absolute atomic E-state index is 12.6. The fourth-order valence-electron chi connectivity index (χ4n) is 4.62. The number of carbonyl (C=O) groups is 2. The van der Waals surface area contributed by atoms with Crippen LogP contribution in [0.25, 0.3) is 0 Å². The minimum Gasteiger partial charge on any atom is -0.300 e. The van der Waals surface area contributed by atoms with Crippen molar-refractivity contribution in [1.82, 2.24) is 0 Å². The van der Waals surface area contributed by atoms with Crippen LogP contribution in [0.3, 0.4) is 0 Å². The summed E-state index contributed by atoms with van der Waals surface area (Å²) in [5, 5.41) is 0. The van der Waals surface area contributed by atoms with Gasteiger partial charge < -0.3 is 0 Å². The van der Waals surface area contributed by atoms with Crippen molar-refractivity contribution in [2.75, 3.05) is 0 Å². The van der Waals surface area contributed by atoms with Crippen molar-refractivity contribution in [1.29, 1.82) is 0 Å². The van der Waals surface area contributed by atoms with Crippen LogP contribution in [0.1, 0.15) is 64.7 Å². The molecule has 0 radical (unpaired) electrons. The maximum Gasteiger partial charge on any atom is 0.142 e. The predicted molar refractivity (Wildman–Crippen MR) is 65.6 cm³/mol. The van der Waals surface area contributed by atoms with Crippen molar-refractivity contribution in [3.05, 3.63) is 0 Å². The Hall–Kier alpha value is -0.660. The third-order valence-corrected chi connectivity index (χ3v) is 5.73. The Morgan fingerprint density at radius 3 is 2.65 bits per heavy atom. The Morgan fingerprint density at radius 1 is 1.06 bits per heavy atom. The molecule has 0 amide bonds. The van der Waals surface area contributed by atoms with Crippen LogP contribution in [-0.2, 0) is 9.59 Å². The van der Waals surface area contributed by atoms with Crippen molar-refractivity contribution < 1.29 is 9.59 Å². The lowest BCUT2D eigenvalue weighted by Gasteiger charge is -2.53. The molecule has 3 aliphatic carbocycles. The molecule has 0 N–H and O–H groups in total. The van der Waals surface area contributed by atoms with Crippen LogP contribution in [0.4, 0.5) is 0 Å². The van der Waals surface area contributed by atoms with E-state index in [4.69, 9.17) is 0 Å². The SMILES string of the molecule is CC12CCCC(C1=O)C1(CCCC(=O)C1)CC2. The van der Waals surface area contributed by atoms with E-state index in [1.165, 1.54) is 6.42 Å². The first-order valence-electron chi connectivity index (χ1n) is 7.12. The molecule has 3 unspecified atom stereocenters. The highest BCUT2D eigenvalue weighted by atomic mass is 16.1. The van der Waals surface area contributed by atoms with E-state index in [1.807, 2.05) is 0 Å². The highest BCUT2D eigenvalue weighted by molar-refractivity contribution is 5.90. The van der Waals surface area contributed by atoms with Crippen molar-refractivity contribution >= 4 is 11.6 Å². The van der Waals surface area contributed by atoms with Crippen molar-refractivity contribution in [3.63, 3.8) is 0 Å². The van der Waals surface area contributed by atoms with Crippen LogP contribution in [0.15, 0.2) is 0 Å². The minimum absolute atomic E-state index is 0.0470. The molecule has 0 aromatic heterocycles. The van der Waals surface area contributed by atoms with Gasteiger partial charge in [-0.2, -0.15) is 0 Å². The summed E-state index contributed by atoms with van der Waals surface area (Å²) in [5.41, 5.74) is 0.0288. The van der Waals surface area contributed by atoms with Gasteiger partial charge in [-0.25, -0.2) is 0 Å². The summed E-state index contributed by atoms with van der Waals surface area (Å²) in [6.45, 7) is 2.15. The second-order valence-corrected chi connectivity index (χ2v) is 6.80. The number of rotatable bonds is 0. The first-order valence-corrected chi connectivity index (χ1v) is 7.12. The summed E-state index contributed by atoms with van der Waals surface area (Å²) in [5.74, 6) is 1.10. The standard InChI is InChI=1S/C15H22O2/c1-14-6-3-5-12(13(14)17)15(9-8-14)7-2-4-11(16)10-15/h12H,2-10H2,1H3. The fourth-order valence-corrected chi connectivity index (χ4v) is 4.62. The Morgan fingerprint density at radius 2 is 1.88 bits per heavy atom. The van der Waals surface area contributed by atoms with Gasteiger partial charge in [-0.1, -0.05) is 13.3 Å². The number of ketones is 2.